The first-order valence-electron chi connectivity index (χ1n) is 5.89. The zero-order valence-corrected chi connectivity index (χ0v) is 11.3. The van der Waals surface area contributed by atoms with Crippen LogP contribution in [0.1, 0.15) is 11.1 Å². The number of rotatable bonds is 3. The Labute approximate surface area is 120 Å². The van der Waals surface area contributed by atoms with Gasteiger partial charge in [-0.25, -0.2) is 4.39 Å². The van der Waals surface area contributed by atoms with Crippen LogP contribution < -0.4 is 5.32 Å². The maximum absolute atomic E-state index is 13.2. The van der Waals surface area contributed by atoms with E-state index in [1.54, 1.807) is 0 Å². The molecule has 0 aliphatic rings. The Morgan fingerprint density at radius 1 is 1.40 bits per heavy atom. The Kier molecular flexibility index (Phi) is 4.88. The van der Waals surface area contributed by atoms with Crippen LogP contribution in [0.5, 0.6) is 0 Å². The number of halogens is 1. The first-order valence-corrected chi connectivity index (χ1v) is 6.83. The van der Waals surface area contributed by atoms with Crippen LogP contribution in [0.2, 0.25) is 0 Å². The topological polar surface area (TPSA) is 49.3 Å². The molecule has 102 valence electrons. The summed E-state index contributed by atoms with van der Waals surface area (Å²) in [6.45, 7) is -0.321. The van der Waals surface area contributed by atoms with Crippen molar-refractivity contribution in [3.63, 3.8) is 0 Å². The fourth-order valence-electron chi connectivity index (χ4n) is 1.64. The maximum Gasteiger partial charge on any atom is 0.228 e. The van der Waals surface area contributed by atoms with Gasteiger partial charge >= 0.3 is 0 Å². The van der Waals surface area contributed by atoms with Crippen LogP contribution in [-0.2, 0) is 11.2 Å². The fraction of sp³-hybridized carbons (Fsp3) is 0.133. The SMILES string of the molecule is O=C(Cc1ccsc1)Nc1ccc(F)cc1C#CCO. The number of hydrogen-bond donors (Lipinski definition) is 2. The van der Waals surface area contributed by atoms with E-state index in [2.05, 4.69) is 17.2 Å². The molecule has 0 saturated heterocycles. The molecule has 1 heterocycles. The van der Waals surface area contributed by atoms with E-state index in [0.29, 0.717) is 11.3 Å². The molecule has 2 aromatic rings. The number of hydrogen-bond acceptors (Lipinski definition) is 3. The largest absolute Gasteiger partial charge is 0.384 e. The van der Waals surface area contributed by atoms with E-state index < -0.39 is 5.82 Å². The molecule has 5 heteroatoms. The van der Waals surface area contributed by atoms with Gasteiger partial charge in [-0.15, -0.1) is 0 Å². The van der Waals surface area contributed by atoms with Gasteiger partial charge in [0.05, 0.1) is 17.7 Å². The molecule has 20 heavy (non-hydrogen) atoms. The molecule has 1 aromatic carbocycles. The molecule has 0 saturated carbocycles. The van der Waals surface area contributed by atoms with Crippen molar-refractivity contribution in [3.8, 4) is 11.8 Å². The smallest absolute Gasteiger partial charge is 0.228 e. The molecule has 2 rings (SSSR count). The first-order chi connectivity index (χ1) is 9.69. The van der Waals surface area contributed by atoms with E-state index in [1.165, 1.54) is 29.5 Å². The molecule has 1 aromatic heterocycles. The van der Waals surface area contributed by atoms with Gasteiger partial charge < -0.3 is 10.4 Å². The van der Waals surface area contributed by atoms with E-state index >= 15 is 0 Å². The van der Waals surface area contributed by atoms with Crippen LogP contribution in [0.15, 0.2) is 35.0 Å². The van der Waals surface area contributed by atoms with Crippen molar-refractivity contribution in [1.82, 2.24) is 0 Å². The summed E-state index contributed by atoms with van der Waals surface area (Å²) in [5, 5.41) is 15.2. The summed E-state index contributed by atoms with van der Waals surface area (Å²) in [7, 11) is 0. The predicted octanol–water partition coefficient (Wildman–Crippen LogP) is 2.41. The maximum atomic E-state index is 13.2. The molecular weight excluding hydrogens is 277 g/mol. The molecule has 0 fully saturated rings. The number of carbonyl (C=O) groups is 1. The van der Waals surface area contributed by atoms with Crippen molar-refractivity contribution in [3.05, 3.63) is 52.0 Å². The molecule has 0 atom stereocenters. The molecule has 0 aliphatic heterocycles. The summed E-state index contributed by atoms with van der Waals surface area (Å²) in [6, 6.07) is 5.82. The second-order valence-corrected chi connectivity index (χ2v) is 4.79. The Morgan fingerprint density at radius 3 is 2.95 bits per heavy atom. The predicted molar refractivity (Wildman–Crippen MR) is 77.0 cm³/mol. The summed E-state index contributed by atoms with van der Waals surface area (Å²) in [5.74, 6) is 4.42. The number of aliphatic hydroxyl groups is 1. The lowest BCUT2D eigenvalue weighted by atomic mass is 10.1. The van der Waals surface area contributed by atoms with Crippen molar-refractivity contribution < 1.29 is 14.3 Å². The lowest BCUT2D eigenvalue weighted by Crippen LogP contribution is -2.15. The molecule has 0 unspecified atom stereocenters. The van der Waals surface area contributed by atoms with Gasteiger partial charge in [0.25, 0.3) is 0 Å². The standard InChI is InChI=1S/C15H12FNO2S/c16-13-3-4-14(12(9-13)2-1-6-18)17-15(19)8-11-5-7-20-10-11/h3-5,7,9-10,18H,6,8H2,(H,17,19). The third kappa shape index (κ3) is 3.92. The minimum atomic E-state index is -0.442. The van der Waals surface area contributed by atoms with Gasteiger partial charge in [-0.2, -0.15) is 11.3 Å². The van der Waals surface area contributed by atoms with E-state index in [9.17, 15) is 9.18 Å². The van der Waals surface area contributed by atoms with Crippen LogP contribution in [0.25, 0.3) is 0 Å². The third-order valence-corrected chi connectivity index (χ3v) is 3.23. The van der Waals surface area contributed by atoms with Crippen LogP contribution >= 0.6 is 11.3 Å². The summed E-state index contributed by atoms with van der Waals surface area (Å²) in [5.41, 5.74) is 1.71. The monoisotopic (exact) mass is 289 g/mol. The number of anilines is 1. The Hall–Kier alpha value is -2.16. The van der Waals surface area contributed by atoms with Crippen molar-refractivity contribution in [1.29, 1.82) is 0 Å². The number of benzene rings is 1. The molecule has 0 bridgehead atoms. The lowest BCUT2D eigenvalue weighted by molar-refractivity contribution is -0.115. The highest BCUT2D eigenvalue weighted by Gasteiger charge is 2.08. The molecule has 3 nitrogen and oxygen atoms in total. The van der Waals surface area contributed by atoms with Gasteiger partial charge in [-0.05, 0) is 40.6 Å². The lowest BCUT2D eigenvalue weighted by Gasteiger charge is -2.07. The second kappa shape index (κ2) is 6.85. The van der Waals surface area contributed by atoms with Crippen molar-refractivity contribution in [2.45, 2.75) is 6.42 Å². The number of thiophene rings is 1. The second-order valence-electron chi connectivity index (χ2n) is 4.01. The van der Waals surface area contributed by atoms with Gasteiger partial charge in [0.1, 0.15) is 12.4 Å². The normalized spacial score (nSPS) is 9.70. The summed E-state index contributed by atoms with van der Waals surface area (Å²) >= 11 is 1.52. The molecule has 0 spiro atoms. The third-order valence-electron chi connectivity index (χ3n) is 2.50. The van der Waals surface area contributed by atoms with E-state index in [0.717, 1.165) is 5.56 Å². The van der Waals surface area contributed by atoms with E-state index in [1.807, 2.05) is 16.8 Å². The van der Waals surface area contributed by atoms with Crippen LogP contribution in [0.3, 0.4) is 0 Å². The summed E-state index contributed by atoms with van der Waals surface area (Å²) < 4.78 is 13.2. The highest BCUT2D eigenvalue weighted by molar-refractivity contribution is 7.08. The van der Waals surface area contributed by atoms with Crippen molar-refractivity contribution in [2.24, 2.45) is 0 Å². The summed E-state index contributed by atoms with van der Waals surface area (Å²) in [6.07, 6.45) is 0.258. The van der Waals surface area contributed by atoms with Crippen molar-refractivity contribution >= 4 is 22.9 Å². The molecular formula is C15H12FNO2S. The minimum Gasteiger partial charge on any atom is -0.384 e. The Morgan fingerprint density at radius 2 is 2.25 bits per heavy atom. The zero-order chi connectivity index (χ0) is 14.4. The van der Waals surface area contributed by atoms with Gasteiger partial charge in [0, 0.05) is 0 Å². The van der Waals surface area contributed by atoms with E-state index in [-0.39, 0.29) is 18.9 Å². The molecule has 2 N–H and O–H groups in total. The number of nitrogens with one attached hydrogen (secondary N) is 1. The fourth-order valence-corrected chi connectivity index (χ4v) is 2.31. The number of carbonyl (C=O) groups excluding carboxylic acids is 1. The Bertz CT molecular complexity index is 656. The van der Waals surface area contributed by atoms with Crippen molar-refractivity contribution in [2.75, 3.05) is 11.9 Å². The minimum absolute atomic E-state index is 0.193. The number of amides is 1. The van der Waals surface area contributed by atoms with Gasteiger partial charge in [0.2, 0.25) is 5.91 Å². The number of aliphatic hydroxyl groups excluding tert-OH is 1. The summed E-state index contributed by atoms with van der Waals surface area (Å²) in [4.78, 5) is 11.9. The highest BCUT2D eigenvalue weighted by atomic mass is 32.1. The van der Waals surface area contributed by atoms with Crippen LogP contribution in [-0.4, -0.2) is 17.6 Å². The van der Waals surface area contributed by atoms with E-state index in [4.69, 9.17) is 5.11 Å². The highest BCUT2D eigenvalue weighted by Crippen LogP contribution is 2.17. The molecule has 0 radical (unpaired) electrons. The van der Waals surface area contributed by atoms with Crippen LogP contribution in [0.4, 0.5) is 10.1 Å². The van der Waals surface area contributed by atoms with Gasteiger partial charge in [-0.1, -0.05) is 11.8 Å². The zero-order valence-electron chi connectivity index (χ0n) is 10.5. The first kappa shape index (κ1) is 14.3. The molecule has 0 aliphatic carbocycles. The average Bonchev–Trinajstić information content (AvgIpc) is 2.91. The van der Waals surface area contributed by atoms with Gasteiger partial charge in [0.15, 0.2) is 0 Å². The Balaban J connectivity index is 2.14. The van der Waals surface area contributed by atoms with Crippen LogP contribution in [0, 0.1) is 17.7 Å². The molecule has 1 amide bonds. The quantitative estimate of drug-likeness (QED) is 0.853. The average molecular weight is 289 g/mol. The van der Waals surface area contributed by atoms with Gasteiger partial charge in [-0.3, -0.25) is 4.79 Å².